The minimum Gasteiger partial charge on any atom is -0.492 e. The standard InChI is InChI=1S/C18H22FNO/c1-12-7-13(2)9-15(8-12)18(20-4)11-21-16-6-5-14(3)17(19)10-16/h5-10,18,20H,11H2,1-4H3. The highest BCUT2D eigenvalue weighted by Crippen LogP contribution is 2.20. The number of rotatable bonds is 5. The molecule has 2 rings (SSSR count). The van der Waals surface area contributed by atoms with Crippen molar-refractivity contribution < 1.29 is 9.13 Å². The minimum absolute atomic E-state index is 0.0768. The van der Waals surface area contributed by atoms with Gasteiger partial charge in [-0.3, -0.25) is 0 Å². The van der Waals surface area contributed by atoms with E-state index < -0.39 is 0 Å². The summed E-state index contributed by atoms with van der Waals surface area (Å²) in [4.78, 5) is 0. The Kier molecular flexibility index (Phi) is 4.97. The van der Waals surface area contributed by atoms with Gasteiger partial charge < -0.3 is 10.1 Å². The Bertz CT molecular complexity index is 604. The van der Waals surface area contributed by atoms with Crippen LogP contribution in [-0.2, 0) is 0 Å². The Balaban J connectivity index is 2.10. The van der Waals surface area contributed by atoms with Crippen LogP contribution in [0.15, 0.2) is 36.4 Å². The molecule has 0 aromatic heterocycles. The van der Waals surface area contributed by atoms with Crippen molar-refractivity contribution >= 4 is 0 Å². The highest BCUT2D eigenvalue weighted by molar-refractivity contribution is 5.31. The predicted octanol–water partition coefficient (Wildman–Crippen LogP) is 4.09. The van der Waals surface area contributed by atoms with E-state index >= 15 is 0 Å². The molecule has 0 fully saturated rings. The first-order valence-electron chi connectivity index (χ1n) is 7.14. The Hall–Kier alpha value is -1.87. The molecule has 0 bridgehead atoms. The molecule has 3 heteroatoms. The summed E-state index contributed by atoms with van der Waals surface area (Å²) in [5.74, 6) is 0.322. The van der Waals surface area contributed by atoms with Crippen LogP contribution in [0.2, 0.25) is 0 Å². The average molecular weight is 287 g/mol. The molecule has 1 N–H and O–H groups in total. The van der Waals surface area contributed by atoms with E-state index in [0.29, 0.717) is 17.9 Å². The third-order valence-electron chi connectivity index (χ3n) is 3.55. The zero-order chi connectivity index (χ0) is 15.4. The van der Waals surface area contributed by atoms with Gasteiger partial charge in [0.1, 0.15) is 18.2 Å². The molecular weight excluding hydrogens is 265 g/mol. The molecule has 0 radical (unpaired) electrons. The van der Waals surface area contributed by atoms with Crippen LogP contribution in [0.5, 0.6) is 5.75 Å². The molecule has 0 heterocycles. The molecule has 0 aliphatic heterocycles. The van der Waals surface area contributed by atoms with E-state index in [1.807, 2.05) is 7.05 Å². The van der Waals surface area contributed by atoms with Crippen LogP contribution >= 0.6 is 0 Å². The first-order valence-corrected chi connectivity index (χ1v) is 7.14. The lowest BCUT2D eigenvalue weighted by molar-refractivity contribution is 0.272. The normalized spacial score (nSPS) is 12.2. The summed E-state index contributed by atoms with van der Waals surface area (Å²) < 4.78 is 19.2. The van der Waals surface area contributed by atoms with Crippen LogP contribution in [0.1, 0.15) is 28.3 Å². The Labute approximate surface area is 126 Å². The van der Waals surface area contributed by atoms with Gasteiger partial charge in [-0.2, -0.15) is 0 Å². The van der Waals surface area contributed by atoms with Crippen LogP contribution in [0.4, 0.5) is 4.39 Å². The monoisotopic (exact) mass is 287 g/mol. The second kappa shape index (κ2) is 6.72. The van der Waals surface area contributed by atoms with Gasteiger partial charge in [0.2, 0.25) is 0 Å². The summed E-state index contributed by atoms with van der Waals surface area (Å²) in [5, 5.41) is 3.25. The SMILES string of the molecule is CNC(COc1ccc(C)c(F)c1)c1cc(C)cc(C)c1. The lowest BCUT2D eigenvalue weighted by atomic mass is 10.0. The molecule has 0 spiro atoms. The van der Waals surface area contributed by atoms with Crippen molar-refractivity contribution in [2.75, 3.05) is 13.7 Å². The summed E-state index contributed by atoms with van der Waals surface area (Å²) in [6.07, 6.45) is 0. The Morgan fingerprint density at radius 1 is 1.05 bits per heavy atom. The fraction of sp³-hybridized carbons (Fsp3) is 0.333. The number of nitrogens with one attached hydrogen (secondary N) is 1. The van der Waals surface area contributed by atoms with E-state index in [1.54, 1.807) is 19.1 Å². The zero-order valence-corrected chi connectivity index (χ0v) is 13.0. The van der Waals surface area contributed by atoms with Gasteiger partial charge in [0.25, 0.3) is 0 Å². The number of aryl methyl sites for hydroxylation is 3. The van der Waals surface area contributed by atoms with Gasteiger partial charge in [0.05, 0.1) is 6.04 Å². The lowest BCUT2D eigenvalue weighted by Crippen LogP contribution is -2.23. The van der Waals surface area contributed by atoms with Crippen LogP contribution in [0.25, 0.3) is 0 Å². The second-order valence-electron chi connectivity index (χ2n) is 5.48. The molecule has 0 saturated carbocycles. The van der Waals surface area contributed by atoms with Gasteiger partial charge >= 0.3 is 0 Å². The number of ether oxygens (including phenoxy) is 1. The van der Waals surface area contributed by atoms with Crippen molar-refractivity contribution in [3.63, 3.8) is 0 Å². The van der Waals surface area contributed by atoms with Crippen LogP contribution in [0, 0.1) is 26.6 Å². The van der Waals surface area contributed by atoms with Crippen molar-refractivity contribution in [3.8, 4) is 5.75 Å². The van der Waals surface area contributed by atoms with Gasteiger partial charge in [-0.15, -0.1) is 0 Å². The zero-order valence-electron chi connectivity index (χ0n) is 13.0. The number of hydrogen-bond donors (Lipinski definition) is 1. The van der Waals surface area contributed by atoms with E-state index in [-0.39, 0.29) is 11.9 Å². The van der Waals surface area contributed by atoms with Crippen molar-refractivity contribution in [1.29, 1.82) is 0 Å². The predicted molar refractivity (Wildman–Crippen MR) is 84.3 cm³/mol. The molecule has 0 amide bonds. The second-order valence-corrected chi connectivity index (χ2v) is 5.48. The molecule has 112 valence electrons. The van der Waals surface area contributed by atoms with Crippen molar-refractivity contribution in [3.05, 3.63) is 64.5 Å². The van der Waals surface area contributed by atoms with Crippen LogP contribution in [0.3, 0.4) is 0 Å². The quantitative estimate of drug-likeness (QED) is 0.894. The van der Waals surface area contributed by atoms with Gasteiger partial charge in [0.15, 0.2) is 0 Å². The smallest absolute Gasteiger partial charge is 0.129 e. The van der Waals surface area contributed by atoms with E-state index in [0.717, 1.165) is 0 Å². The molecule has 1 unspecified atom stereocenters. The molecule has 1 atom stereocenters. The molecule has 0 aliphatic carbocycles. The summed E-state index contributed by atoms with van der Waals surface area (Å²) >= 11 is 0. The minimum atomic E-state index is -0.236. The van der Waals surface area contributed by atoms with Crippen LogP contribution in [-0.4, -0.2) is 13.7 Å². The summed E-state index contributed by atoms with van der Waals surface area (Å²) in [5.41, 5.74) is 4.27. The third-order valence-corrected chi connectivity index (χ3v) is 3.55. The maximum absolute atomic E-state index is 13.5. The van der Waals surface area contributed by atoms with E-state index in [9.17, 15) is 4.39 Å². The van der Waals surface area contributed by atoms with Crippen LogP contribution < -0.4 is 10.1 Å². The summed E-state index contributed by atoms with van der Waals surface area (Å²) in [6.45, 7) is 6.37. The number of hydrogen-bond acceptors (Lipinski definition) is 2. The highest BCUT2D eigenvalue weighted by atomic mass is 19.1. The van der Waals surface area contributed by atoms with Gasteiger partial charge in [-0.05, 0) is 45.0 Å². The first-order chi connectivity index (χ1) is 9.99. The number of benzene rings is 2. The fourth-order valence-corrected chi connectivity index (χ4v) is 2.40. The number of halogens is 1. The van der Waals surface area contributed by atoms with Gasteiger partial charge in [0, 0.05) is 6.07 Å². The molecule has 0 aliphatic rings. The number of likely N-dealkylation sites (N-methyl/N-ethyl adjacent to an activating group) is 1. The van der Waals surface area contributed by atoms with Gasteiger partial charge in [-0.25, -0.2) is 4.39 Å². The topological polar surface area (TPSA) is 21.3 Å². The largest absolute Gasteiger partial charge is 0.492 e. The van der Waals surface area contributed by atoms with Crippen molar-refractivity contribution in [2.45, 2.75) is 26.8 Å². The van der Waals surface area contributed by atoms with Crippen molar-refractivity contribution in [2.24, 2.45) is 0 Å². The van der Waals surface area contributed by atoms with E-state index in [1.165, 1.54) is 22.8 Å². The average Bonchev–Trinajstić information content (AvgIpc) is 2.42. The molecular formula is C18H22FNO. The molecule has 0 saturated heterocycles. The highest BCUT2D eigenvalue weighted by Gasteiger charge is 2.11. The lowest BCUT2D eigenvalue weighted by Gasteiger charge is -2.19. The summed E-state index contributed by atoms with van der Waals surface area (Å²) in [6, 6.07) is 11.5. The molecule has 2 aromatic carbocycles. The maximum atomic E-state index is 13.5. The summed E-state index contributed by atoms with van der Waals surface area (Å²) in [7, 11) is 1.90. The molecule has 21 heavy (non-hydrogen) atoms. The Morgan fingerprint density at radius 2 is 1.71 bits per heavy atom. The van der Waals surface area contributed by atoms with E-state index in [2.05, 4.69) is 37.4 Å². The van der Waals surface area contributed by atoms with Gasteiger partial charge in [-0.1, -0.05) is 35.4 Å². The van der Waals surface area contributed by atoms with Crippen molar-refractivity contribution in [1.82, 2.24) is 5.32 Å². The Morgan fingerprint density at radius 3 is 2.29 bits per heavy atom. The third kappa shape index (κ3) is 4.05. The fourth-order valence-electron chi connectivity index (χ4n) is 2.40. The maximum Gasteiger partial charge on any atom is 0.129 e. The molecule has 2 aromatic rings. The van der Waals surface area contributed by atoms with E-state index in [4.69, 9.17) is 4.74 Å². The molecule has 2 nitrogen and oxygen atoms in total. The first kappa shape index (κ1) is 15.5.